The summed E-state index contributed by atoms with van der Waals surface area (Å²) in [6.45, 7) is 0.581. The number of amides is 1. The molecule has 98 valence electrons. The van der Waals surface area contributed by atoms with Crippen LogP contribution in [0.25, 0.3) is 0 Å². The van der Waals surface area contributed by atoms with Crippen molar-refractivity contribution in [3.63, 3.8) is 0 Å². The lowest BCUT2D eigenvalue weighted by atomic mass is 10.1. The third-order valence-corrected chi connectivity index (χ3v) is 3.45. The molecule has 0 spiro atoms. The number of carbonyl (C=O) groups is 1. The second-order valence-electron chi connectivity index (χ2n) is 4.28. The van der Waals surface area contributed by atoms with Crippen LogP contribution in [0.4, 0.5) is 0 Å². The molecule has 1 atom stereocenters. The summed E-state index contributed by atoms with van der Waals surface area (Å²) < 4.78 is 6.37. The van der Waals surface area contributed by atoms with Crippen LogP contribution in [0.5, 0.6) is 5.75 Å². The number of pyridine rings is 1. The van der Waals surface area contributed by atoms with E-state index < -0.39 is 0 Å². The van der Waals surface area contributed by atoms with Crippen molar-refractivity contribution in [1.29, 1.82) is 0 Å². The van der Waals surface area contributed by atoms with E-state index in [0.717, 1.165) is 22.3 Å². The Morgan fingerprint density at radius 2 is 2.47 bits per heavy atom. The highest BCUT2D eigenvalue weighted by Crippen LogP contribution is 2.29. The van der Waals surface area contributed by atoms with E-state index >= 15 is 0 Å². The number of carbonyl (C=O) groups excluding carboxylic acids is 1. The first-order chi connectivity index (χ1) is 9.24. The Bertz CT molecular complexity index is 611. The van der Waals surface area contributed by atoms with Gasteiger partial charge in [-0.15, -0.1) is 0 Å². The lowest BCUT2D eigenvalue weighted by molar-refractivity contribution is 0.0918. The average Bonchev–Trinajstić information content (AvgIpc) is 2.86. The van der Waals surface area contributed by atoms with Gasteiger partial charge in [-0.3, -0.25) is 9.78 Å². The molecule has 1 aliphatic heterocycles. The molecule has 1 aliphatic rings. The number of aromatic amines is 1. The molecule has 0 saturated heterocycles. The zero-order chi connectivity index (χ0) is 13.2. The molecule has 0 bridgehead atoms. The van der Waals surface area contributed by atoms with Crippen LogP contribution in [0.1, 0.15) is 28.6 Å². The fraction of sp³-hybridized carbons (Fsp3) is 0.231. The summed E-state index contributed by atoms with van der Waals surface area (Å²) in [4.78, 5) is 19.3. The largest absolute Gasteiger partial charge is 0.491 e. The number of halogens is 1. The molecule has 0 aliphatic carbocycles. The predicted octanol–water partition coefficient (Wildman–Crippen LogP) is 2.43. The van der Waals surface area contributed by atoms with E-state index in [-0.39, 0.29) is 11.9 Å². The number of nitrogens with one attached hydrogen (secondary N) is 2. The molecule has 0 aromatic carbocycles. The Labute approximate surface area is 118 Å². The van der Waals surface area contributed by atoms with Crippen molar-refractivity contribution in [2.45, 2.75) is 12.5 Å². The average molecular weight is 322 g/mol. The van der Waals surface area contributed by atoms with Crippen molar-refractivity contribution >= 4 is 21.8 Å². The molecule has 2 aromatic heterocycles. The van der Waals surface area contributed by atoms with E-state index in [4.69, 9.17) is 4.74 Å². The minimum Gasteiger partial charge on any atom is -0.491 e. The molecule has 3 rings (SSSR count). The van der Waals surface area contributed by atoms with Crippen LogP contribution in [0.2, 0.25) is 0 Å². The molecule has 5 nitrogen and oxygen atoms in total. The van der Waals surface area contributed by atoms with E-state index in [9.17, 15) is 4.79 Å². The number of rotatable bonds is 2. The van der Waals surface area contributed by atoms with Crippen molar-refractivity contribution in [3.8, 4) is 5.75 Å². The summed E-state index contributed by atoms with van der Waals surface area (Å²) >= 11 is 3.31. The van der Waals surface area contributed by atoms with Crippen LogP contribution in [-0.4, -0.2) is 22.5 Å². The van der Waals surface area contributed by atoms with Crippen molar-refractivity contribution < 1.29 is 9.53 Å². The van der Waals surface area contributed by atoms with Crippen molar-refractivity contribution in [2.24, 2.45) is 0 Å². The number of H-pyrrole nitrogens is 1. The van der Waals surface area contributed by atoms with Crippen molar-refractivity contribution in [2.75, 3.05) is 6.61 Å². The molecule has 1 amide bonds. The Morgan fingerprint density at radius 3 is 3.26 bits per heavy atom. The van der Waals surface area contributed by atoms with Crippen LogP contribution >= 0.6 is 15.9 Å². The topological polar surface area (TPSA) is 67.0 Å². The first-order valence-electron chi connectivity index (χ1n) is 5.96. The Kier molecular flexibility index (Phi) is 3.25. The quantitative estimate of drug-likeness (QED) is 0.892. The Balaban J connectivity index is 1.79. The molecule has 0 radical (unpaired) electrons. The Morgan fingerprint density at radius 1 is 1.58 bits per heavy atom. The highest BCUT2D eigenvalue weighted by molar-refractivity contribution is 9.10. The monoisotopic (exact) mass is 321 g/mol. The van der Waals surface area contributed by atoms with Crippen molar-refractivity contribution in [1.82, 2.24) is 15.3 Å². The maximum Gasteiger partial charge on any atom is 0.268 e. The van der Waals surface area contributed by atoms with Gasteiger partial charge in [0.1, 0.15) is 17.1 Å². The number of fused-ring (bicyclic) bond motifs is 1. The molecule has 2 N–H and O–H groups in total. The molecular weight excluding hydrogens is 310 g/mol. The molecule has 0 saturated carbocycles. The fourth-order valence-electron chi connectivity index (χ4n) is 2.09. The first-order valence-corrected chi connectivity index (χ1v) is 6.76. The minimum absolute atomic E-state index is 0.112. The van der Waals surface area contributed by atoms with E-state index in [0.29, 0.717) is 12.3 Å². The van der Waals surface area contributed by atoms with Gasteiger partial charge in [-0.2, -0.15) is 0 Å². The minimum atomic E-state index is -0.144. The molecule has 2 aromatic rings. The zero-order valence-electron chi connectivity index (χ0n) is 10.0. The third-order valence-electron chi connectivity index (χ3n) is 2.99. The maximum atomic E-state index is 12.1. The lowest BCUT2D eigenvalue weighted by Crippen LogP contribution is -2.33. The lowest BCUT2D eigenvalue weighted by Gasteiger charge is -2.25. The molecular formula is C13H12BrN3O2. The molecule has 0 fully saturated rings. The molecule has 19 heavy (non-hydrogen) atoms. The summed E-state index contributed by atoms with van der Waals surface area (Å²) in [6.07, 6.45) is 4.15. The summed E-state index contributed by atoms with van der Waals surface area (Å²) in [5.74, 6) is 0.598. The second-order valence-corrected chi connectivity index (χ2v) is 5.20. The van der Waals surface area contributed by atoms with Gasteiger partial charge in [0.15, 0.2) is 0 Å². The van der Waals surface area contributed by atoms with E-state index in [1.165, 1.54) is 0 Å². The van der Waals surface area contributed by atoms with Gasteiger partial charge >= 0.3 is 0 Å². The van der Waals surface area contributed by atoms with Gasteiger partial charge in [0, 0.05) is 23.3 Å². The van der Waals surface area contributed by atoms with Gasteiger partial charge in [-0.25, -0.2) is 0 Å². The van der Waals surface area contributed by atoms with Crippen LogP contribution < -0.4 is 10.1 Å². The number of hydrogen-bond donors (Lipinski definition) is 2. The van der Waals surface area contributed by atoms with Crippen LogP contribution in [0.15, 0.2) is 35.1 Å². The zero-order valence-corrected chi connectivity index (χ0v) is 11.6. The highest BCUT2D eigenvalue weighted by atomic mass is 79.9. The summed E-state index contributed by atoms with van der Waals surface area (Å²) in [5, 5.41) is 2.97. The van der Waals surface area contributed by atoms with Crippen LogP contribution in [0, 0.1) is 0 Å². The summed E-state index contributed by atoms with van der Waals surface area (Å²) in [5.41, 5.74) is 1.31. The number of aromatic nitrogens is 2. The smallest absolute Gasteiger partial charge is 0.268 e. The van der Waals surface area contributed by atoms with Crippen LogP contribution in [-0.2, 0) is 0 Å². The number of hydrogen-bond acceptors (Lipinski definition) is 3. The molecule has 3 heterocycles. The first kappa shape index (κ1) is 12.2. The Hall–Kier alpha value is -1.82. The second kappa shape index (κ2) is 5.05. The number of ether oxygens (including phenoxy) is 1. The van der Waals surface area contributed by atoms with E-state index in [1.807, 2.05) is 12.1 Å². The van der Waals surface area contributed by atoms with Gasteiger partial charge in [0.2, 0.25) is 0 Å². The van der Waals surface area contributed by atoms with Gasteiger partial charge in [-0.05, 0) is 34.1 Å². The van der Waals surface area contributed by atoms with Gasteiger partial charge in [0.05, 0.1) is 12.6 Å². The van der Waals surface area contributed by atoms with Gasteiger partial charge < -0.3 is 15.0 Å². The van der Waals surface area contributed by atoms with Crippen molar-refractivity contribution in [3.05, 3.63) is 46.5 Å². The normalized spacial score (nSPS) is 17.4. The third kappa shape index (κ3) is 2.49. The maximum absolute atomic E-state index is 12.1. The van der Waals surface area contributed by atoms with E-state index in [2.05, 4.69) is 31.2 Å². The number of nitrogens with zero attached hydrogens (tertiary/aromatic N) is 1. The van der Waals surface area contributed by atoms with Crippen LogP contribution in [0.3, 0.4) is 0 Å². The summed E-state index contributed by atoms with van der Waals surface area (Å²) in [6, 6.07) is 5.32. The SMILES string of the molecule is O=C(NC1CCOc2cccnc21)c1cc(Br)c[nH]1. The van der Waals surface area contributed by atoms with Gasteiger partial charge in [0.25, 0.3) is 5.91 Å². The molecule has 6 heteroatoms. The highest BCUT2D eigenvalue weighted by Gasteiger charge is 2.24. The van der Waals surface area contributed by atoms with Gasteiger partial charge in [-0.1, -0.05) is 0 Å². The fourth-order valence-corrected chi connectivity index (χ4v) is 2.43. The predicted molar refractivity (Wildman–Crippen MR) is 73.0 cm³/mol. The summed E-state index contributed by atoms with van der Waals surface area (Å²) in [7, 11) is 0. The van der Waals surface area contributed by atoms with E-state index in [1.54, 1.807) is 18.5 Å². The molecule has 1 unspecified atom stereocenters. The standard InChI is InChI=1S/C13H12BrN3O2/c14-8-6-10(16-7-8)13(18)17-9-3-5-19-11-2-1-4-15-12(9)11/h1-2,4,6-7,9,16H,3,5H2,(H,17,18).